The quantitative estimate of drug-likeness (QED) is 0.645. The van der Waals surface area contributed by atoms with Crippen molar-refractivity contribution >= 4 is 46.2 Å². The average Bonchev–Trinajstić information content (AvgIpc) is 2.65. The Morgan fingerprint density at radius 2 is 1.73 bits per heavy atom. The topological polar surface area (TPSA) is 77.8 Å². The lowest BCUT2D eigenvalue weighted by atomic mass is 10.2. The maximum Gasteiger partial charge on any atom is 0.274 e. The van der Waals surface area contributed by atoms with Crippen molar-refractivity contribution < 1.29 is 4.79 Å². The van der Waals surface area contributed by atoms with Gasteiger partial charge in [0.25, 0.3) is 5.91 Å². The molecule has 0 fully saturated rings. The smallest absolute Gasteiger partial charge is 0.274 e. The summed E-state index contributed by atoms with van der Waals surface area (Å²) in [7, 11) is 0. The van der Waals surface area contributed by atoms with Crippen LogP contribution in [-0.4, -0.2) is 10.9 Å². The molecule has 0 radical (unpaired) electrons. The summed E-state index contributed by atoms with van der Waals surface area (Å²) in [6.07, 6.45) is 1.53. The molecular weight excluding hydrogens is 371 g/mol. The summed E-state index contributed by atoms with van der Waals surface area (Å²) >= 11 is 12.1. The Balaban J connectivity index is 1.73. The number of anilines is 3. The predicted octanol–water partition coefficient (Wildman–Crippen LogP) is 5.26. The van der Waals surface area contributed by atoms with Crippen LogP contribution in [0, 0.1) is 11.3 Å². The second kappa shape index (κ2) is 7.87. The van der Waals surface area contributed by atoms with Gasteiger partial charge >= 0.3 is 0 Å². The molecule has 3 aromatic rings. The molecule has 0 aliphatic rings. The number of hydrogen-bond donors (Lipinski definition) is 2. The van der Waals surface area contributed by atoms with Crippen LogP contribution < -0.4 is 10.6 Å². The summed E-state index contributed by atoms with van der Waals surface area (Å²) in [5, 5.41) is 15.4. The third-order valence-electron chi connectivity index (χ3n) is 3.48. The monoisotopic (exact) mass is 382 g/mol. The van der Waals surface area contributed by atoms with E-state index in [1.54, 1.807) is 48.5 Å². The average molecular weight is 383 g/mol. The number of pyridine rings is 1. The van der Waals surface area contributed by atoms with Crippen LogP contribution in [0.1, 0.15) is 16.1 Å². The van der Waals surface area contributed by atoms with E-state index >= 15 is 0 Å². The van der Waals surface area contributed by atoms with Gasteiger partial charge in [0.05, 0.1) is 39.2 Å². The van der Waals surface area contributed by atoms with Gasteiger partial charge in [-0.1, -0.05) is 35.3 Å². The van der Waals surface area contributed by atoms with Gasteiger partial charge in [0, 0.05) is 5.69 Å². The summed E-state index contributed by atoms with van der Waals surface area (Å²) in [6.45, 7) is 0. The molecule has 1 amide bonds. The summed E-state index contributed by atoms with van der Waals surface area (Å²) in [4.78, 5) is 16.5. The molecule has 0 unspecified atom stereocenters. The summed E-state index contributed by atoms with van der Waals surface area (Å²) in [5.41, 5.74) is 2.56. The van der Waals surface area contributed by atoms with E-state index in [9.17, 15) is 4.79 Å². The van der Waals surface area contributed by atoms with Crippen LogP contribution in [-0.2, 0) is 0 Å². The molecule has 1 aromatic heterocycles. The number of halogens is 2. The van der Waals surface area contributed by atoms with Crippen LogP contribution in [0.2, 0.25) is 10.0 Å². The highest BCUT2D eigenvalue weighted by Crippen LogP contribution is 2.30. The number of amides is 1. The fourth-order valence-electron chi connectivity index (χ4n) is 2.23. The van der Waals surface area contributed by atoms with Gasteiger partial charge in [-0.2, -0.15) is 5.26 Å². The second-order valence-electron chi connectivity index (χ2n) is 5.30. The number of nitrogens with one attached hydrogen (secondary N) is 2. The highest BCUT2D eigenvalue weighted by molar-refractivity contribution is 6.40. The first-order valence-corrected chi connectivity index (χ1v) is 8.31. The van der Waals surface area contributed by atoms with Gasteiger partial charge in [-0.15, -0.1) is 0 Å². The molecular formula is C19H12Cl2N4O. The van der Waals surface area contributed by atoms with Gasteiger partial charge in [0.15, 0.2) is 0 Å². The fraction of sp³-hybridized carbons (Fsp3) is 0. The number of carbonyl (C=O) groups is 1. The van der Waals surface area contributed by atoms with Crippen molar-refractivity contribution in [2.24, 2.45) is 0 Å². The maximum absolute atomic E-state index is 12.3. The largest absolute Gasteiger partial charge is 0.354 e. The molecule has 0 saturated heterocycles. The van der Waals surface area contributed by atoms with Gasteiger partial charge < -0.3 is 10.6 Å². The molecule has 0 aliphatic heterocycles. The molecule has 3 rings (SSSR count). The first-order valence-electron chi connectivity index (χ1n) is 7.55. The molecule has 2 N–H and O–H groups in total. The van der Waals surface area contributed by atoms with Crippen molar-refractivity contribution in [1.29, 1.82) is 5.26 Å². The molecule has 0 aliphatic carbocycles. The normalized spacial score (nSPS) is 10.0. The lowest BCUT2D eigenvalue weighted by Gasteiger charge is -2.10. The first kappa shape index (κ1) is 17.7. The molecule has 26 heavy (non-hydrogen) atoms. The third-order valence-corrected chi connectivity index (χ3v) is 4.11. The number of aromatic nitrogens is 1. The van der Waals surface area contributed by atoms with Gasteiger partial charge in [-0.3, -0.25) is 4.79 Å². The first-order chi connectivity index (χ1) is 12.6. The Morgan fingerprint density at radius 3 is 2.38 bits per heavy atom. The Hall–Kier alpha value is -3.07. The lowest BCUT2D eigenvalue weighted by molar-refractivity contribution is 0.102. The fourth-order valence-corrected chi connectivity index (χ4v) is 2.72. The van der Waals surface area contributed by atoms with Crippen molar-refractivity contribution in [3.05, 3.63) is 82.1 Å². The van der Waals surface area contributed by atoms with Crippen LogP contribution in [0.15, 0.2) is 60.8 Å². The van der Waals surface area contributed by atoms with E-state index in [-0.39, 0.29) is 5.69 Å². The van der Waals surface area contributed by atoms with E-state index in [0.29, 0.717) is 27.0 Å². The molecule has 0 saturated carbocycles. The molecule has 7 heteroatoms. The van der Waals surface area contributed by atoms with Crippen molar-refractivity contribution in [2.45, 2.75) is 0 Å². The number of para-hydroxylation sites is 1. The molecule has 128 valence electrons. The van der Waals surface area contributed by atoms with E-state index < -0.39 is 5.91 Å². The Labute approximate surface area is 160 Å². The van der Waals surface area contributed by atoms with Crippen LogP contribution in [0.3, 0.4) is 0 Å². The zero-order valence-electron chi connectivity index (χ0n) is 13.3. The molecule has 0 bridgehead atoms. The van der Waals surface area contributed by atoms with E-state index in [2.05, 4.69) is 21.7 Å². The van der Waals surface area contributed by atoms with Crippen molar-refractivity contribution in [2.75, 3.05) is 10.6 Å². The molecule has 2 aromatic carbocycles. The van der Waals surface area contributed by atoms with Crippen LogP contribution >= 0.6 is 23.2 Å². The van der Waals surface area contributed by atoms with Gasteiger partial charge in [-0.05, 0) is 42.5 Å². The van der Waals surface area contributed by atoms with Crippen LogP contribution in [0.25, 0.3) is 0 Å². The second-order valence-corrected chi connectivity index (χ2v) is 6.11. The number of hydrogen-bond acceptors (Lipinski definition) is 4. The zero-order chi connectivity index (χ0) is 18.5. The zero-order valence-corrected chi connectivity index (χ0v) is 14.8. The Morgan fingerprint density at radius 1 is 1.00 bits per heavy atom. The van der Waals surface area contributed by atoms with E-state index in [4.69, 9.17) is 28.5 Å². The summed E-state index contributed by atoms with van der Waals surface area (Å²) < 4.78 is 0. The molecule has 1 heterocycles. The minimum Gasteiger partial charge on any atom is -0.354 e. The number of rotatable bonds is 4. The van der Waals surface area contributed by atoms with Gasteiger partial charge in [0.1, 0.15) is 5.69 Å². The number of carbonyl (C=O) groups excluding carboxylic acids is 1. The lowest BCUT2D eigenvalue weighted by Crippen LogP contribution is -2.14. The van der Waals surface area contributed by atoms with Crippen LogP contribution in [0.5, 0.6) is 0 Å². The molecule has 0 spiro atoms. The standard InChI is InChI=1S/C19H12Cl2N4O/c20-15-5-2-6-16(21)18(15)25-19(26)17-8-7-14(11-23-17)24-13-4-1-3-12(9-13)10-22/h1-9,11,24H,(H,25,26). The van der Waals surface area contributed by atoms with E-state index in [1.165, 1.54) is 6.20 Å². The minimum absolute atomic E-state index is 0.220. The van der Waals surface area contributed by atoms with Gasteiger partial charge in [-0.25, -0.2) is 4.98 Å². The Bertz CT molecular complexity index is 977. The summed E-state index contributed by atoms with van der Waals surface area (Å²) in [5.74, 6) is -0.418. The minimum atomic E-state index is -0.418. The van der Waals surface area contributed by atoms with E-state index in [1.807, 2.05) is 6.07 Å². The highest BCUT2D eigenvalue weighted by Gasteiger charge is 2.12. The van der Waals surface area contributed by atoms with Crippen molar-refractivity contribution in [1.82, 2.24) is 4.98 Å². The number of nitrogens with zero attached hydrogens (tertiary/aromatic N) is 2. The predicted molar refractivity (Wildman–Crippen MR) is 103 cm³/mol. The third kappa shape index (κ3) is 4.12. The molecule has 5 nitrogen and oxygen atoms in total. The summed E-state index contributed by atoms with van der Waals surface area (Å²) in [6, 6.07) is 17.4. The maximum atomic E-state index is 12.3. The highest BCUT2D eigenvalue weighted by atomic mass is 35.5. The molecule has 0 atom stereocenters. The van der Waals surface area contributed by atoms with Crippen molar-refractivity contribution in [3.8, 4) is 6.07 Å². The SMILES string of the molecule is N#Cc1cccc(Nc2ccc(C(=O)Nc3c(Cl)cccc3Cl)nc2)c1. The van der Waals surface area contributed by atoms with Gasteiger partial charge in [0.2, 0.25) is 0 Å². The van der Waals surface area contributed by atoms with Crippen molar-refractivity contribution in [3.63, 3.8) is 0 Å². The Kier molecular flexibility index (Phi) is 5.37. The number of nitriles is 1. The number of benzene rings is 2. The van der Waals surface area contributed by atoms with Crippen LogP contribution in [0.4, 0.5) is 17.1 Å². The van der Waals surface area contributed by atoms with E-state index in [0.717, 1.165) is 5.69 Å².